The summed E-state index contributed by atoms with van der Waals surface area (Å²) in [4.78, 5) is 3.90. The minimum Gasteiger partial charge on any atom is -0.395 e. The summed E-state index contributed by atoms with van der Waals surface area (Å²) in [6.45, 7) is 2.03. The third-order valence-electron chi connectivity index (χ3n) is 2.36. The smallest absolute Gasteiger partial charge is 0.154 e. The molecule has 0 aliphatic heterocycles. The molecule has 1 aromatic heterocycles. The van der Waals surface area contributed by atoms with Crippen LogP contribution in [0.25, 0.3) is 0 Å². The second kappa shape index (κ2) is 4.41. The van der Waals surface area contributed by atoms with Crippen LogP contribution in [0.15, 0.2) is 36.5 Å². The first-order chi connectivity index (χ1) is 7.68. The van der Waals surface area contributed by atoms with E-state index in [4.69, 9.17) is 17.3 Å². The fourth-order valence-electron chi connectivity index (χ4n) is 1.41. The van der Waals surface area contributed by atoms with E-state index in [9.17, 15) is 0 Å². The van der Waals surface area contributed by atoms with Crippen molar-refractivity contribution in [2.24, 2.45) is 0 Å². The number of halogens is 1. The van der Waals surface area contributed by atoms with Gasteiger partial charge in [0.05, 0.1) is 11.4 Å². The number of benzene rings is 1. The van der Waals surface area contributed by atoms with Crippen LogP contribution < -0.4 is 11.1 Å². The first-order valence-corrected chi connectivity index (χ1v) is 5.29. The summed E-state index contributed by atoms with van der Waals surface area (Å²) in [6.07, 6.45) is 1.62. The average molecular weight is 234 g/mol. The van der Waals surface area contributed by atoms with E-state index >= 15 is 0 Å². The number of hydrogen-bond donors (Lipinski definition) is 2. The highest BCUT2D eigenvalue weighted by atomic mass is 35.5. The summed E-state index contributed by atoms with van der Waals surface area (Å²) in [5.41, 5.74) is 9.22. The summed E-state index contributed by atoms with van der Waals surface area (Å²) >= 11 is 5.84. The van der Waals surface area contributed by atoms with Gasteiger partial charge in [-0.15, -0.1) is 0 Å². The Balaban J connectivity index is 2.35. The van der Waals surface area contributed by atoms with Crippen molar-refractivity contribution >= 4 is 28.7 Å². The summed E-state index contributed by atoms with van der Waals surface area (Å²) in [7, 11) is 0. The number of nitrogen functional groups attached to an aromatic ring is 1. The largest absolute Gasteiger partial charge is 0.395 e. The Hall–Kier alpha value is -1.74. The molecule has 0 radical (unpaired) electrons. The zero-order valence-corrected chi connectivity index (χ0v) is 9.62. The molecule has 1 heterocycles. The SMILES string of the molecule is Cc1ccccc1Nc1ccnc(Cl)c1N. The third kappa shape index (κ3) is 2.09. The molecule has 2 rings (SSSR count). The molecule has 16 heavy (non-hydrogen) atoms. The predicted molar refractivity (Wildman–Crippen MR) is 68.1 cm³/mol. The minimum absolute atomic E-state index is 0.318. The maximum absolute atomic E-state index is 5.84. The standard InChI is InChI=1S/C12H12ClN3/c1-8-4-2-3-5-9(8)16-10-6-7-15-12(13)11(10)14/h2-7H,14H2,1H3,(H,15,16). The molecule has 0 amide bonds. The average Bonchev–Trinajstić information content (AvgIpc) is 2.28. The topological polar surface area (TPSA) is 50.9 Å². The van der Waals surface area contributed by atoms with E-state index in [0.717, 1.165) is 16.9 Å². The van der Waals surface area contributed by atoms with Gasteiger partial charge in [0, 0.05) is 11.9 Å². The van der Waals surface area contributed by atoms with Crippen molar-refractivity contribution in [2.75, 3.05) is 11.1 Å². The number of anilines is 3. The van der Waals surface area contributed by atoms with Gasteiger partial charge in [-0.2, -0.15) is 0 Å². The van der Waals surface area contributed by atoms with Gasteiger partial charge in [-0.3, -0.25) is 0 Å². The molecule has 0 saturated heterocycles. The summed E-state index contributed by atoms with van der Waals surface area (Å²) in [5.74, 6) is 0. The monoisotopic (exact) mass is 233 g/mol. The number of aryl methyl sites for hydroxylation is 1. The Labute approximate surface area is 99.3 Å². The van der Waals surface area contributed by atoms with Gasteiger partial charge in [0.2, 0.25) is 0 Å². The van der Waals surface area contributed by atoms with Gasteiger partial charge in [-0.25, -0.2) is 4.98 Å². The quantitative estimate of drug-likeness (QED) is 0.782. The van der Waals surface area contributed by atoms with Gasteiger partial charge in [-0.05, 0) is 24.6 Å². The number of nitrogens with one attached hydrogen (secondary N) is 1. The Morgan fingerprint density at radius 3 is 2.69 bits per heavy atom. The van der Waals surface area contributed by atoms with E-state index in [2.05, 4.69) is 10.3 Å². The maximum Gasteiger partial charge on any atom is 0.154 e. The molecule has 0 unspecified atom stereocenters. The fourth-order valence-corrected chi connectivity index (χ4v) is 1.57. The highest BCUT2D eigenvalue weighted by molar-refractivity contribution is 6.32. The fraction of sp³-hybridized carbons (Fsp3) is 0.0833. The number of nitrogens with zero attached hydrogens (tertiary/aromatic N) is 1. The van der Waals surface area contributed by atoms with Gasteiger partial charge in [-0.1, -0.05) is 29.8 Å². The molecule has 0 fully saturated rings. The van der Waals surface area contributed by atoms with Crippen molar-refractivity contribution in [2.45, 2.75) is 6.92 Å². The van der Waals surface area contributed by atoms with E-state index in [1.807, 2.05) is 31.2 Å². The van der Waals surface area contributed by atoms with Crippen molar-refractivity contribution in [3.05, 3.63) is 47.2 Å². The van der Waals surface area contributed by atoms with Gasteiger partial charge < -0.3 is 11.1 Å². The van der Waals surface area contributed by atoms with Crippen LogP contribution >= 0.6 is 11.6 Å². The van der Waals surface area contributed by atoms with Crippen molar-refractivity contribution in [1.82, 2.24) is 4.98 Å². The van der Waals surface area contributed by atoms with Crippen LogP contribution in [0.5, 0.6) is 0 Å². The number of hydrogen-bond acceptors (Lipinski definition) is 3. The molecule has 2 aromatic rings. The summed E-state index contributed by atoms with van der Waals surface area (Å²) in [5, 5.41) is 3.55. The molecule has 0 aliphatic rings. The lowest BCUT2D eigenvalue weighted by Gasteiger charge is -2.11. The Morgan fingerprint density at radius 2 is 1.94 bits per heavy atom. The van der Waals surface area contributed by atoms with Crippen LogP contribution in [0, 0.1) is 6.92 Å². The van der Waals surface area contributed by atoms with Crippen LogP contribution in [0.4, 0.5) is 17.1 Å². The molecule has 0 bridgehead atoms. The number of pyridine rings is 1. The number of nitrogens with two attached hydrogens (primary N) is 1. The van der Waals surface area contributed by atoms with E-state index < -0.39 is 0 Å². The molecule has 4 heteroatoms. The molecule has 82 valence electrons. The lowest BCUT2D eigenvalue weighted by atomic mass is 10.2. The van der Waals surface area contributed by atoms with Crippen LogP contribution in [0.3, 0.4) is 0 Å². The van der Waals surface area contributed by atoms with Crippen molar-refractivity contribution in [3.63, 3.8) is 0 Å². The zero-order valence-electron chi connectivity index (χ0n) is 8.87. The van der Waals surface area contributed by atoms with Crippen LogP contribution in [0.1, 0.15) is 5.56 Å². The normalized spacial score (nSPS) is 10.1. The Kier molecular flexibility index (Phi) is 2.97. The summed E-state index contributed by atoms with van der Waals surface area (Å²) in [6, 6.07) is 9.77. The Morgan fingerprint density at radius 1 is 1.19 bits per heavy atom. The molecular weight excluding hydrogens is 222 g/mol. The number of rotatable bonds is 2. The van der Waals surface area contributed by atoms with Crippen molar-refractivity contribution in [1.29, 1.82) is 0 Å². The van der Waals surface area contributed by atoms with Gasteiger partial charge in [0.15, 0.2) is 5.15 Å². The predicted octanol–water partition coefficient (Wildman–Crippen LogP) is 3.37. The molecule has 1 aromatic carbocycles. The second-order valence-electron chi connectivity index (χ2n) is 3.50. The molecule has 0 spiro atoms. The van der Waals surface area contributed by atoms with Crippen LogP contribution in [-0.2, 0) is 0 Å². The Bertz CT molecular complexity index is 511. The van der Waals surface area contributed by atoms with Gasteiger partial charge >= 0.3 is 0 Å². The number of aromatic nitrogens is 1. The third-order valence-corrected chi connectivity index (χ3v) is 2.66. The first kappa shape index (κ1) is 10.8. The van der Waals surface area contributed by atoms with Gasteiger partial charge in [0.1, 0.15) is 0 Å². The van der Waals surface area contributed by atoms with E-state index in [1.54, 1.807) is 12.3 Å². The lowest BCUT2D eigenvalue weighted by molar-refractivity contribution is 1.32. The molecule has 3 nitrogen and oxygen atoms in total. The first-order valence-electron chi connectivity index (χ1n) is 4.91. The second-order valence-corrected chi connectivity index (χ2v) is 3.86. The molecular formula is C12H12ClN3. The molecule has 3 N–H and O–H groups in total. The van der Waals surface area contributed by atoms with Crippen LogP contribution in [0.2, 0.25) is 5.15 Å². The van der Waals surface area contributed by atoms with Gasteiger partial charge in [0.25, 0.3) is 0 Å². The molecule has 0 atom stereocenters. The maximum atomic E-state index is 5.84. The molecule has 0 aliphatic carbocycles. The van der Waals surface area contributed by atoms with E-state index in [0.29, 0.717) is 10.8 Å². The minimum atomic E-state index is 0.318. The zero-order chi connectivity index (χ0) is 11.5. The highest BCUT2D eigenvalue weighted by Gasteiger charge is 2.05. The highest BCUT2D eigenvalue weighted by Crippen LogP contribution is 2.28. The number of para-hydroxylation sites is 1. The van der Waals surface area contributed by atoms with E-state index in [-0.39, 0.29) is 0 Å². The van der Waals surface area contributed by atoms with E-state index in [1.165, 1.54) is 0 Å². The van der Waals surface area contributed by atoms with Crippen molar-refractivity contribution < 1.29 is 0 Å². The van der Waals surface area contributed by atoms with Crippen LogP contribution in [-0.4, -0.2) is 4.98 Å². The summed E-state index contributed by atoms with van der Waals surface area (Å²) < 4.78 is 0. The molecule has 0 saturated carbocycles. The lowest BCUT2D eigenvalue weighted by Crippen LogP contribution is -1.99. The van der Waals surface area contributed by atoms with Crippen molar-refractivity contribution in [3.8, 4) is 0 Å².